The number of nitrogens with zero attached hydrogens (tertiary/aromatic N) is 1. The Hall–Kier alpha value is -2.11. The maximum Gasteiger partial charge on any atom is 0.245 e. The van der Waals surface area contributed by atoms with Crippen molar-refractivity contribution in [2.24, 2.45) is 17.8 Å². The van der Waals surface area contributed by atoms with Crippen molar-refractivity contribution in [1.82, 2.24) is 15.5 Å². The van der Waals surface area contributed by atoms with Gasteiger partial charge < -0.3 is 15.5 Å². The first-order valence-corrected chi connectivity index (χ1v) is 10.3. The van der Waals surface area contributed by atoms with E-state index in [0.29, 0.717) is 11.8 Å². The predicted octanol–water partition coefficient (Wildman–Crippen LogP) is 2.62. The van der Waals surface area contributed by atoms with Gasteiger partial charge in [-0.15, -0.1) is 12.4 Å². The average Bonchev–Trinajstić information content (AvgIpc) is 3.27. The van der Waals surface area contributed by atoms with E-state index in [0.717, 1.165) is 42.5 Å². The van der Waals surface area contributed by atoms with Crippen LogP contribution in [-0.4, -0.2) is 48.9 Å². The monoisotopic (exact) mass is 415 g/mol. The fraction of sp³-hybridized carbons (Fsp3) is 0.478. The fourth-order valence-corrected chi connectivity index (χ4v) is 4.50. The Morgan fingerprint density at radius 3 is 2.38 bits per heavy atom. The summed E-state index contributed by atoms with van der Waals surface area (Å²) in [5.41, 5.74) is 0.966. The number of hydrogen-bond donors (Lipinski definition) is 2. The molecule has 1 unspecified atom stereocenters. The second-order valence-electron chi connectivity index (χ2n) is 8.57. The first-order chi connectivity index (χ1) is 13.5. The van der Waals surface area contributed by atoms with Crippen molar-refractivity contribution in [2.45, 2.75) is 26.3 Å². The minimum Gasteiger partial charge on any atom is -0.344 e. The summed E-state index contributed by atoms with van der Waals surface area (Å²) >= 11 is 0. The molecule has 2 amide bonds. The van der Waals surface area contributed by atoms with Gasteiger partial charge in [-0.2, -0.15) is 0 Å². The van der Waals surface area contributed by atoms with Gasteiger partial charge in [-0.25, -0.2) is 0 Å². The standard InChI is InChI=1S/C23H29N3O2.ClH/c1-15(2)22(23(28)26-13-19-11-24-12-20(19)14-26)25-21(27)10-16-7-8-17-5-3-4-6-18(17)9-16;/h3-9,15,19-20,22,24H,10-14H2,1-2H3,(H,25,27);1H/t19-,20+,22?;. The van der Waals surface area contributed by atoms with Crippen LogP contribution in [0.4, 0.5) is 0 Å². The molecular formula is C23H30ClN3O2. The van der Waals surface area contributed by atoms with Crippen LogP contribution in [0.1, 0.15) is 19.4 Å². The van der Waals surface area contributed by atoms with Crippen molar-refractivity contribution < 1.29 is 9.59 Å². The third kappa shape index (κ3) is 4.73. The summed E-state index contributed by atoms with van der Waals surface area (Å²) < 4.78 is 0. The number of benzene rings is 2. The number of carbonyl (C=O) groups excluding carboxylic acids is 2. The number of amides is 2. The molecule has 2 aromatic rings. The lowest BCUT2D eigenvalue weighted by Gasteiger charge is -2.27. The van der Waals surface area contributed by atoms with Crippen LogP contribution < -0.4 is 10.6 Å². The van der Waals surface area contributed by atoms with Gasteiger partial charge in [0.1, 0.15) is 6.04 Å². The Bertz CT molecular complexity index is 873. The first kappa shape index (κ1) is 21.6. The highest BCUT2D eigenvalue weighted by molar-refractivity contribution is 5.90. The zero-order chi connectivity index (χ0) is 19.7. The Morgan fingerprint density at radius 1 is 1.07 bits per heavy atom. The SMILES string of the molecule is CC(C)C(NC(=O)Cc1ccc2ccccc2c1)C(=O)N1C[C@H]2CNC[C@H]2C1.Cl. The van der Waals surface area contributed by atoms with Gasteiger partial charge in [0.15, 0.2) is 0 Å². The highest BCUT2D eigenvalue weighted by Gasteiger charge is 2.40. The third-order valence-electron chi connectivity index (χ3n) is 6.13. The number of fused-ring (bicyclic) bond motifs is 2. The molecule has 6 heteroatoms. The largest absolute Gasteiger partial charge is 0.344 e. The molecule has 2 aliphatic rings. The number of carbonyl (C=O) groups is 2. The molecule has 3 atom stereocenters. The van der Waals surface area contributed by atoms with Crippen molar-refractivity contribution in [3.05, 3.63) is 48.0 Å². The Morgan fingerprint density at radius 2 is 1.72 bits per heavy atom. The maximum atomic E-state index is 13.1. The Labute approximate surface area is 178 Å². The molecule has 4 rings (SSSR count). The van der Waals surface area contributed by atoms with Crippen LogP contribution in [0.25, 0.3) is 10.8 Å². The number of likely N-dealkylation sites (tertiary alicyclic amines) is 1. The van der Waals surface area contributed by atoms with Gasteiger partial charge in [-0.05, 0) is 34.1 Å². The molecule has 2 saturated heterocycles. The van der Waals surface area contributed by atoms with Crippen molar-refractivity contribution in [3.63, 3.8) is 0 Å². The fourth-order valence-electron chi connectivity index (χ4n) is 4.50. The zero-order valence-corrected chi connectivity index (χ0v) is 17.9. The van der Waals surface area contributed by atoms with Crippen molar-refractivity contribution in [2.75, 3.05) is 26.2 Å². The normalized spacial score (nSPS) is 21.7. The van der Waals surface area contributed by atoms with E-state index in [4.69, 9.17) is 0 Å². The van der Waals surface area contributed by atoms with Crippen LogP contribution >= 0.6 is 12.4 Å². The van der Waals surface area contributed by atoms with Crippen LogP contribution in [0.5, 0.6) is 0 Å². The summed E-state index contributed by atoms with van der Waals surface area (Å²) in [6, 6.07) is 13.7. The van der Waals surface area contributed by atoms with E-state index in [2.05, 4.69) is 28.8 Å². The maximum absolute atomic E-state index is 13.1. The van der Waals surface area contributed by atoms with E-state index in [-0.39, 0.29) is 36.6 Å². The van der Waals surface area contributed by atoms with Gasteiger partial charge in [0.25, 0.3) is 0 Å². The van der Waals surface area contributed by atoms with E-state index in [1.165, 1.54) is 0 Å². The Kier molecular flexibility index (Phi) is 6.81. The predicted molar refractivity (Wildman–Crippen MR) is 118 cm³/mol. The van der Waals surface area contributed by atoms with Crippen LogP contribution in [0.3, 0.4) is 0 Å². The number of hydrogen-bond acceptors (Lipinski definition) is 3. The highest BCUT2D eigenvalue weighted by Crippen LogP contribution is 2.27. The van der Waals surface area contributed by atoms with Crippen molar-refractivity contribution in [3.8, 4) is 0 Å². The van der Waals surface area contributed by atoms with E-state index in [1.54, 1.807) is 0 Å². The molecule has 2 aliphatic heterocycles. The topological polar surface area (TPSA) is 61.4 Å². The van der Waals surface area contributed by atoms with Crippen molar-refractivity contribution >= 4 is 35.0 Å². The molecule has 0 aliphatic carbocycles. The van der Waals surface area contributed by atoms with Gasteiger partial charge in [-0.1, -0.05) is 56.3 Å². The molecule has 29 heavy (non-hydrogen) atoms. The van der Waals surface area contributed by atoms with Crippen LogP contribution in [0.2, 0.25) is 0 Å². The van der Waals surface area contributed by atoms with Crippen LogP contribution in [0, 0.1) is 17.8 Å². The summed E-state index contributed by atoms with van der Waals surface area (Å²) in [4.78, 5) is 27.7. The van der Waals surface area contributed by atoms with Crippen LogP contribution in [-0.2, 0) is 16.0 Å². The summed E-state index contributed by atoms with van der Waals surface area (Å²) in [6.45, 7) is 7.60. The van der Waals surface area contributed by atoms with Gasteiger partial charge in [0.05, 0.1) is 6.42 Å². The Balaban J connectivity index is 0.00000240. The van der Waals surface area contributed by atoms with Gasteiger partial charge >= 0.3 is 0 Å². The van der Waals surface area contributed by atoms with E-state index < -0.39 is 6.04 Å². The van der Waals surface area contributed by atoms with Crippen LogP contribution in [0.15, 0.2) is 42.5 Å². The lowest BCUT2D eigenvalue weighted by molar-refractivity contribution is -0.137. The smallest absolute Gasteiger partial charge is 0.245 e. The summed E-state index contributed by atoms with van der Waals surface area (Å²) in [7, 11) is 0. The summed E-state index contributed by atoms with van der Waals surface area (Å²) in [5, 5.41) is 8.70. The molecule has 2 heterocycles. The lowest BCUT2D eigenvalue weighted by atomic mass is 10.0. The molecular weight excluding hydrogens is 386 g/mol. The second kappa shape index (κ2) is 9.14. The molecule has 5 nitrogen and oxygen atoms in total. The average molecular weight is 416 g/mol. The lowest BCUT2D eigenvalue weighted by Crippen LogP contribution is -2.51. The molecule has 0 bridgehead atoms. The number of nitrogens with one attached hydrogen (secondary N) is 2. The third-order valence-corrected chi connectivity index (χ3v) is 6.13. The molecule has 156 valence electrons. The second-order valence-corrected chi connectivity index (χ2v) is 8.57. The first-order valence-electron chi connectivity index (χ1n) is 10.3. The molecule has 0 saturated carbocycles. The number of rotatable bonds is 5. The minimum atomic E-state index is -0.459. The molecule has 2 fully saturated rings. The van der Waals surface area contributed by atoms with Gasteiger partial charge in [0.2, 0.25) is 11.8 Å². The molecule has 0 spiro atoms. The highest BCUT2D eigenvalue weighted by atomic mass is 35.5. The minimum absolute atomic E-state index is 0. The molecule has 2 N–H and O–H groups in total. The van der Waals surface area contributed by atoms with E-state index >= 15 is 0 Å². The summed E-state index contributed by atoms with van der Waals surface area (Å²) in [6.07, 6.45) is 0.288. The molecule has 0 radical (unpaired) electrons. The quantitative estimate of drug-likeness (QED) is 0.789. The van der Waals surface area contributed by atoms with E-state index in [9.17, 15) is 9.59 Å². The molecule has 0 aromatic heterocycles. The van der Waals surface area contributed by atoms with Gasteiger partial charge in [-0.3, -0.25) is 9.59 Å². The van der Waals surface area contributed by atoms with E-state index in [1.807, 2.05) is 43.0 Å². The summed E-state index contributed by atoms with van der Waals surface area (Å²) in [5.74, 6) is 1.15. The zero-order valence-electron chi connectivity index (χ0n) is 17.1. The van der Waals surface area contributed by atoms with Gasteiger partial charge in [0, 0.05) is 26.2 Å². The van der Waals surface area contributed by atoms with Crippen molar-refractivity contribution in [1.29, 1.82) is 0 Å². The molecule has 2 aromatic carbocycles. The number of halogens is 1.